The Kier molecular flexibility index (Phi) is 3.81. The third-order valence-corrected chi connectivity index (χ3v) is 3.99. The second-order valence-corrected chi connectivity index (χ2v) is 5.87. The number of fused-ring (bicyclic) bond motifs is 1. The van der Waals surface area contributed by atoms with Gasteiger partial charge < -0.3 is 5.32 Å². The monoisotopic (exact) mass is 345 g/mol. The lowest BCUT2D eigenvalue weighted by molar-refractivity contribution is 0.102. The molecule has 0 aliphatic carbocycles. The van der Waals surface area contributed by atoms with Crippen LogP contribution in [0.2, 0.25) is 0 Å². The molecule has 4 rings (SSSR count). The number of benzene rings is 1. The van der Waals surface area contributed by atoms with Crippen LogP contribution in [0, 0.1) is 0 Å². The average molecular weight is 345 g/mol. The fraction of sp³-hybridized carbons (Fsp3) is 0.0526. The number of carbonyl (C=O) groups is 1. The van der Waals surface area contributed by atoms with E-state index < -0.39 is 0 Å². The van der Waals surface area contributed by atoms with Crippen molar-refractivity contribution in [3.8, 4) is 5.69 Å². The summed E-state index contributed by atoms with van der Waals surface area (Å²) in [5.41, 5.74) is 2.17. The molecule has 0 fully saturated rings. The third kappa shape index (κ3) is 2.98. The van der Waals surface area contributed by atoms with Crippen molar-refractivity contribution in [1.29, 1.82) is 0 Å². The Morgan fingerprint density at radius 1 is 1.08 bits per heavy atom. The molecule has 0 atom stereocenters. The largest absolute Gasteiger partial charge is 0.321 e. The molecule has 0 spiro atoms. The molecule has 3 heterocycles. The van der Waals surface area contributed by atoms with Crippen LogP contribution in [0.3, 0.4) is 0 Å². The molecule has 0 saturated heterocycles. The fourth-order valence-corrected chi connectivity index (χ4v) is 2.70. The van der Waals surface area contributed by atoms with E-state index >= 15 is 0 Å². The van der Waals surface area contributed by atoms with Crippen LogP contribution in [0.5, 0.6) is 0 Å². The van der Waals surface area contributed by atoms with Crippen LogP contribution in [0.15, 0.2) is 72.0 Å². The molecule has 4 aromatic rings. The molecule has 26 heavy (non-hydrogen) atoms. The van der Waals surface area contributed by atoms with Gasteiger partial charge in [0.25, 0.3) is 11.5 Å². The van der Waals surface area contributed by atoms with E-state index in [-0.39, 0.29) is 11.5 Å². The van der Waals surface area contributed by atoms with Gasteiger partial charge in [0.15, 0.2) is 0 Å². The summed E-state index contributed by atoms with van der Waals surface area (Å²) >= 11 is 0. The van der Waals surface area contributed by atoms with Crippen molar-refractivity contribution in [2.75, 3.05) is 5.32 Å². The number of rotatable bonds is 3. The van der Waals surface area contributed by atoms with Gasteiger partial charge in [-0.1, -0.05) is 18.2 Å². The van der Waals surface area contributed by atoms with Gasteiger partial charge in [-0.2, -0.15) is 5.10 Å². The molecule has 0 saturated carbocycles. The lowest BCUT2D eigenvalue weighted by Gasteiger charge is -2.08. The number of hydrogen-bond donors (Lipinski definition) is 1. The van der Waals surface area contributed by atoms with Crippen molar-refractivity contribution < 1.29 is 4.79 Å². The van der Waals surface area contributed by atoms with Crippen LogP contribution >= 0.6 is 0 Å². The predicted molar refractivity (Wildman–Crippen MR) is 98.5 cm³/mol. The number of para-hydroxylation sites is 1. The Bertz CT molecular complexity index is 1180. The Labute approximate surface area is 148 Å². The van der Waals surface area contributed by atoms with E-state index in [0.29, 0.717) is 16.9 Å². The van der Waals surface area contributed by atoms with Gasteiger partial charge in [-0.25, -0.2) is 0 Å². The Morgan fingerprint density at radius 3 is 2.73 bits per heavy atom. The minimum atomic E-state index is -0.320. The predicted octanol–water partition coefficient (Wildman–Crippen LogP) is 2.37. The molecule has 0 unspecified atom stereocenters. The SMILES string of the molecule is Cn1cc(-n2cc(C(=O)Nc3cnc4ccccc4c3)ccc2=O)cn1. The standard InChI is InChI=1S/C19H15N5O2/c1-23-12-16(10-21-23)24-11-14(6-7-18(24)25)19(26)22-15-8-13-4-2-3-5-17(13)20-9-15/h2-12H,1H3,(H,22,26). The van der Waals surface area contributed by atoms with Gasteiger partial charge in [0, 0.05) is 30.9 Å². The molecular weight excluding hydrogens is 330 g/mol. The maximum atomic E-state index is 12.6. The number of aromatic nitrogens is 4. The summed E-state index contributed by atoms with van der Waals surface area (Å²) in [6.45, 7) is 0. The maximum Gasteiger partial charge on any atom is 0.257 e. The Hall–Kier alpha value is -3.74. The van der Waals surface area contributed by atoms with Crippen LogP contribution in [-0.2, 0) is 7.05 Å². The number of aryl methyl sites for hydroxylation is 1. The minimum absolute atomic E-state index is 0.234. The molecule has 1 aromatic carbocycles. The molecule has 7 heteroatoms. The second kappa shape index (κ2) is 6.29. The third-order valence-electron chi connectivity index (χ3n) is 3.99. The van der Waals surface area contributed by atoms with E-state index in [1.807, 2.05) is 30.3 Å². The van der Waals surface area contributed by atoms with Gasteiger partial charge in [-0.3, -0.25) is 23.8 Å². The van der Waals surface area contributed by atoms with Crippen LogP contribution in [0.1, 0.15) is 10.4 Å². The zero-order chi connectivity index (χ0) is 18.1. The molecule has 0 aliphatic heterocycles. The summed E-state index contributed by atoms with van der Waals surface area (Å²) in [5, 5.41) is 7.81. The molecule has 128 valence electrons. The molecule has 0 aliphatic rings. The molecular formula is C19H15N5O2. The van der Waals surface area contributed by atoms with Crippen molar-refractivity contribution in [3.05, 3.63) is 83.2 Å². The highest BCUT2D eigenvalue weighted by atomic mass is 16.2. The Balaban J connectivity index is 1.64. The molecule has 3 aromatic heterocycles. The van der Waals surface area contributed by atoms with Crippen LogP contribution in [0.25, 0.3) is 16.6 Å². The van der Waals surface area contributed by atoms with Crippen LogP contribution < -0.4 is 10.9 Å². The van der Waals surface area contributed by atoms with Gasteiger partial charge in [0.2, 0.25) is 0 Å². The Morgan fingerprint density at radius 2 is 1.92 bits per heavy atom. The second-order valence-electron chi connectivity index (χ2n) is 5.87. The first-order valence-electron chi connectivity index (χ1n) is 7.98. The molecule has 0 radical (unpaired) electrons. The van der Waals surface area contributed by atoms with E-state index in [9.17, 15) is 9.59 Å². The normalized spacial score (nSPS) is 10.8. The van der Waals surface area contributed by atoms with E-state index in [1.165, 1.54) is 22.9 Å². The van der Waals surface area contributed by atoms with Crippen molar-refractivity contribution in [2.45, 2.75) is 0 Å². The van der Waals surface area contributed by atoms with E-state index in [2.05, 4.69) is 15.4 Å². The number of pyridine rings is 2. The van der Waals surface area contributed by atoms with Crippen molar-refractivity contribution >= 4 is 22.5 Å². The number of anilines is 1. The summed E-state index contributed by atoms with van der Waals surface area (Å²) in [7, 11) is 1.76. The maximum absolute atomic E-state index is 12.6. The summed E-state index contributed by atoms with van der Waals surface area (Å²) < 4.78 is 2.98. The molecule has 0 bridgehead atoms. The first kappa shape index (κ1) is 15.8. The van der Waals surface area contributed by atoms with Crippen molar-refractivity contribution in [2.24, 2.45) is 7.05 Å². The number of nitrogens with zero attached hydrogens (tertiary/aromatic N) is 4. The average Bonchev–Trinajstić information content (AvgIpc) is 3.08. The van der Waals surface area contributed by atoms with Crippen LogP contribution in [-0.4, -0.2) is 25.2 Å². The number of amides is 1. The van der Waals surface area contributed by atoms with Gasteiger partial charge in [0.05, 0.1) is 34.8 Å². The van der Waals surface area contributed by atoms with Gasteiger partial charge in [-0.15, -0.1) is 0 Å². The molecule has 1 amide bonds. The highest BCUT2D eigenvalue weighted by molar-refractivity contribution is 6.04. The molecule has 1 N–H and O–H groups in total. The van der Waals surface area contributed by atoms with Crippen LogP contribution in [0.4, 0.5) is 5.69 Å². The zero-order valence-corrected chi connectivity index (χ0v) is 14.0. The van der Waals surface area contributed by atoms with Crippen molar-refractivity contribution in [3.63, 3.8) is 0 Å². The lowest BCUT2D eigenvalue weighted by Crippen LogP contribution is -2.20. The summed E-state index contributed by atoms with van der Waals surface area (Å²) in [4.78, 5) is 29.0. The summed E-state index contributed by atoms with van der Waals surface area (Å²) in [6, 6.07) is 12.4. The first-order chi connectivity index (χ1) is 12.6. The van der Waals surface area contributed by atoms with Gasteiger partial charge in [-0.05, 0) is 18.2 Å². The number of carbonyl (C=O) groups excluding carboxylic acids is 1. The topological polar surface area (TPSA) is 81.8 Å². The van der Waals surface area contributed by atoms with Gasteiger partial charge >= 0.3 is 0 Å². The fourth-order valence-electron chi connectivity index (χ4n) is 2.70. The number of nitrogens with one attached hydrogen (secondary N) is 1. The van der Waals surface area contributed by atoms with Gasteiger partial charge in [0.1, 0.15) is 0 Å². The summed E-state index contributed by atoms with van der Waals surface area (Å²) in [5.74, 6) is -0.320. The number of hydrogen-bond acceptors (Lipinski definition) is 4. The lowest BCUT2D eigenvalue weighted by atomic mass is 10.2. The van der Waals surface area contributed by atoms with E-state index in [0.717, 1.165) is 10.9 Å². The van der Waals surface area contributed by atoms with E-state index in [1.54, 1.807) is 30.3 Å². The van der Waals surface area contributed by atoms with E-state index in [4.69, 9.17) is 0 Å². The zero-order valence-electron chi connectivity index (χ0n) is 14.0. The summed E-state index contributed by atoms with van der Waals surface area (Å²) in [6.07, 6.45) is 6.38. The highest BCUT2D eigenvalue weighted by Gasteiger charge is 2.10. The molecule has 7 nitrogen and oxygen atoms in total. The van der Waals surface area contributed by atoms with Crippen molar-refractivity contribution in [1.82, 2.24) is 19.3 Å². The quantitative estimate of drug-likeness (QED) is 0.618. The minimum Gasteiger partial charge on any atom is -0.321 e. The first-order valence-corrected chi connectivity index (χ1v) is 7.98. The smallest absolute Gasteiger partial charge is 0.257 e. The highest BCUT2D eigenvalue weighted by Crippen LogP contribution is 2.17.